The fraction of sp³-hybridized carbons (Fsp3) is 0.105. The van der Waals surface area contributed by atoms with Crippen molar-refractivity contribution >= 4 is 23.8 Å². The molecule has 0 aliphatic rings. The number of carbonyl (C=O) groups is 3. The summed E-state index contributed by atoms with van der Waals surface area (Å²) in [4.78, 5) is 35.3. The Hall–Kier alpha value is -3.41. The molecule has 0 fully saturated rings. The molecule has 128 valence electrons. The van der Waals surface area contributed by atoms with Gasteiger partial charge in [-0.25, -0.2) is 0 Å². The summed E-state index contributed by atoms with van der Waals surface area (Å²) >= 11 is 0. The van der Waals surface area contributed by atoms with E-state index in [1.165, 1.54) is 6.08 Å². The van der Waals surface area contributed by atoms with Crippen molar-refractivity contribution in [1.29, 1.82) is 0 Å². The molecule has 3 amide bonds. The van der Waals surface area contributed by atoms with Crippen molar-refractivity contribution in [1.82, 2.24) is 16.2 Å². The van der Waals surface area contributed by atoms with Crippen molar-refractivity contribution in [2.24, 2.45) is 0 Å². The Kier molecular flexibility index (Phi) is 6.47. The van der Waals surface area contributed by atoms with E-state index in [1.807, 2.05) is 36.4 Å². The number of hydrogen-bond donors (Lipinski definition) is 3. The highest BCUT2D eigenvalue weighted by Gasteiger charge is 2.09. The molecule has 0 aliphatic carbocycles. The van der Waals surface area contributed by atoms with Crippen LogP contribution in [-0.4, -0.2) is 24.3 Å². The second-order valence-corrected chi connectivity index (χ2v) is 5.28. The maximum Gasteiger partial charge on any atom is 0.269 e. The average molecular weight is 337 g/mol. The molecule has 0 heterocycles. The zero-order chi connectivity index (χ0) is 18.1. The molecule has 0 aliphatic heterocycles. The number of amides is 3. The van der Waals surface area contributed by atoms with Gasteiger partial charge in [0.1, 0.15) is 0 Å². The van der Waals surface area contributed by atoms with Crippen LogP contribution in [-0.2, 0) is 9.59 Å². The predicted octanol–water partition coefficient (Wildman–Crippen LogP) is 1.59. The first-order chi connectivity index (χ1) is 12.1. The Morgan fingerprint density at radius 3 is 2.32 bits per heavy atom. The number of aryl methyl sites for hydroxylation is 1. The Balaban J connectivity index is 1.73. The zero-order valence-electron chi connectivity index (χ0n) is 13.8. The molecule has 0 saturated carbocycles. The lowest BCUT2D eigenvalue weighted by Crippen LogP contribution is -2.46. The van der Waals surface area contributed by atoms with Crippen molar-refractivity contribution in [3.63, 3.8) is 0 Å². The lowest BCUT2D eigenvalue weighted by atomic mass is 10.1. The summed E-state index contributed by atoms with van der Waals surface area (Å²) in [5.74, 6) is -1.34. The quantitative estimate of drug-likeness (QED) is 0.572. The fourth-order valence-corrected chi connectivity index (χ4v) is 2.03. The van der Waals surface area contributed by atoms with Crippen molar-refractivity contribution in [2.75, 3.05) is 6.54 Å². The molecule has 0 bridgehead atoms. The van der Waals surface area contributed by atoms with Gasteiger partial charge in [-0.15, -0.1) is 0 Å². The number of nitrogens with one attached hydrogen (secondary N) is 3. The van der Waals surface area contributed by atoms with E-state index in [2.05, 4.69) is 16.2 Å². The van der Waals surface area contributed by atoms with Crippen LogP contribution in [0.2, 0.25) is 0 Å². The molecule has 0 atom stereocenters. The minimum absolute atomic E-state index is 0.244. The minimum atomic E-state index is -0.525. The maximum absolute atomic E-state index is 11.9. The van der Waals surface area contributed by atoms with Crippen LogP contribution >= 0.6 is 0 Å². The molecular formula is C19H19N3O3. The van der Waals surface area contributed by atoms with Crippen LogP contribution in [0.4, 0.5) is 0 Å². The lowest BCUT2D eigenvalue weighted by Gasteiger charge is -2.09. The highest BCUT2D eigenvalue weighted by molar-refractivity contribution is 5.97. The number of benzene rings is 2. The Morgan fingerprint density at radius 2 is 1.60 bits per heavy atom. The van der Waals surface area contributed by atoms with Crippen molar-refractivity contribution < 1.29 is 14.4 Å². The number of carbonyl (C=O) groups excluding carboxylic acids is 3. The molecule has 6 heteroatoms. The number of hydrazine groups is 1. The average Bonchev–Trinajstić information content (AvgIpc) is 2.64. The van der Waals surface area contributed by atoms with Gasteiger partial charge in [0.05, 0.1) is 6.54 Å². The van der Waals surface area contributed by atoms with Crippen molar-refractivity contribution in [3.8, 4) is 0 Å². The molecule has 0 unspecified atom stereocenters. The first kappa shape index (κ1) is 17.9. The van der Waals surface area contributed by atoms with E-state index in [4.69, 9.17) is 0 Å². The van der Waals surface area contributed by atoms with Gasteiger partial charge >= 0.3 is 0 Å². The van der Waals surface area contributed by atoms with Gasteiger partial charge in [-0.3, -0.25) is 25.2 Å². The van der Waals surface area contributed by atoms with Gasteiger partial charge < -0.3 is 5.32 Å². The molecule has 0 aromatic heterocycles. The summed E-state index contributed by atoms with van der Waals surface area (Å²) in [5, 5.41) is 2.44. The van der Waals surface area contributed by atoms with Crippen LogP contribution in [0.15, 0.2) is 60.7 Å². The highest BCUT2D eigenvalue weighted by atomic mass is 16.2. The van der Waals surface area contributed by atoms with Crippen LogP contribution < -0.4 is 16.2 Å². The third-order valence-electron chi connectivity index (χ3n) is 3.36. The first-order valence-electron chi connectivity index (χ1n) is 7.72. The summed E-state index contributed by atoms with van der Waals surface area (Å²) in [6.07, 6.45) is 2.99. The van der Waals surface area contributed by atoms with Crippen LogP contribution in [0.5, 0.6) is 0 Å². The van der Waals surface area contributed by atoms with Crippen LogP contribution in [0.25, 0.3) is 6.08 Å². The smallest absolute Gasteiger partial charge is 0.269 e. The number of hydrogen-bond acceptors (Lipinski definition) is 3. The van der Waals surface area contributed by atoms with E-state index in [0.29, 0.717) is 5.56 Å². The van der Waals surface area contributed by atoms with E-state index in [0.717, 1.165) is 11.1 Å². The number of rotatable bonds is 5. The van der Waals surface area contributed by atoms with E-state index < -0.39 is 17.7 Å². The van der Waals surface area contributed by atoms with Crippen LogP contribution in [0, 0.1) is 6.92 Å². The molecule has 0 saturated heterocycles. The molecule has 2 aromatic rings. The summed E-state index contributed by atoms with van der Waals surface area (Å²) in [5.41, 5.74) is 6.73. The van der Waals surface area contributed by atoms with Gasteiger partial charge in [0, 0.05) is 11.6 Å². The molecule has 2 rings (SSSR count). The molecule has 0 spiro atoms. The molecular weight excluding hydrogens is 318 g/mol. The Morgan fingerprint density at radius 1 is 0.920 bits per heavy atom. The van der Waals surface area contributed by atoms with Crippen molar-refractivity contribution in [2.45, 2.75) is 6.92 Å². The van der Waals surface area contributed by atoms with E-state index >= 15 is 0 Å². The molecule has 3 N–H and O–H groups in total. The highest BCUT2D eigenvalue weighted by Crippen LogP contribution is 2.05. The second-order valence-electron chi connectivity index (χ2n) is 5.28. The van der Waals surface area contributed by atoms with Crippen LogP contribution in [0.3, 0.4) is 0 Å². The van der Waals surface area contributed by atoms with E-state index in [9.17, 15) is 14.4 Å². The zero-order valence-corrected chi connectivity index (χ0v) is 13.8. The van der Waals surface area contributed by atoms with E-state index in [-0.39, 0.29) is 6.54 Å². The molecule has 2 aromatic carbocycles. The van der Waals surface area contributed by atoms with Gasteiger partial charge in [-0.05, 0) is 30.2 Å². The Bertz CT molecular complexity index is 786. The normalized spacial score (nSPS) is 10.3. The van der Waals surface area contributed by atoms with Gasteiger partial charge in [-0.1, -0.05) is 48.5 Å². The second kappa shape index (κ2) is 9.02. The maximum atomic E-state index is 11.9. The van der Waals surface area contributed by atoms with Crippen LogP contribution in [0.1, 0.15) is 21.5 Å². The largest absolute Gasteiger partial charge is 0.343 e. The first-order valence-corrected chi connectivity index (χ1v) is 7.72. The summed E-state index contributed by atoms with van der Waals surface area (Å²) < 4.78 is 0. The monoisotopic (exact) mass is 337 g/mol. The van der Waals surface area contributed by atoms with Gasteiger partial charge in [0.2, 0.25) is 5.91 Å². The Labute approximate surface area is 145 Å². The lowest BCUT2D eigenvalue weighted by molar-refractivity contribution is -0.124. The van der Waals surface area contributed by atoms with Gasteiger partial charge in [-0.2, -0.15) is 0 Å². The third kappa shape index (κ3) is 5.95. The third-order valence-corrected chi connectivity index (χ3v) is 3.36. The summed E-state index contributed by atoms with van der Waals surface area (Å²) in [7, 11) is 0. The summed E-state index contributed by atoms with van der Waals surface area (Å²) in [6.45, 7) is 1.56. The summed E-state index contributed by atoms with van der Waals surface area (Å²) in [6, 6.07) is 16.3. The standard InChI is InChI=1S/C19H19N3O3/c1-14-7-5-6-10-16(14)19(25)22-21-18(24)13-20-17(23)12-11-15-8-3-2-4-9-15/h2-12H,13H2,1H3,(H,20,23)(H,21,24)(H,22,25)/b12-11+. The van der Waals surface area contributed by atoms with Gasteiger partial charge in [0.15, 0.2) is 0 Å². The minimum Gasteiger partial charge on any atom is -0.343 e. The van der Waals surface area contributed by atoms with Gasteiger partial charge in [0.25, 0.3) is 11.8 Å². The fourth-order valence-electron chi connectivity index (χ4n) is 2.03. The predicted molar refractivity (Wildman–Crippen MR) is 95.3 cm³/mol. The topological polar surface area (TPSA) is 87.3 Å². The molecule has 6 nitrogen and oxygen atoms in total. The molecule has 0 radical (unpaired) electrons. The van der Waals surface area contributed by atoms with Crippen molar-refractivity contribution in [3.05, 3.63) is 77.4 Å². The van der Waals surface area contributed by atoms with E-state index in [1.54, 1.807) is 31.2 Å². The SMILES string of the molecule is Cc1ccccc1C(=O)NNC(=O)CNC(=O)/C=C/c1ccccc1. The molecule has 25 heavy (non-hydrogen) atoms.